The highest BCUT2D eigenvalue weighted by Crippen LogP contribution is 2.15. The monoisotopic (exact) mass is 584 g/mol. The minimum absolute atomic E-state index is 0. The lowest BCUT2D eigenvalue weighted by atomic mass is 10.0. The lowest BCUT2D eigenvalue weighted by molar-refractivity contribution is -0.143. The quantitative estimate of drug-likeness (QED) is 0.0675. The van der Waals surface area contributed by atoms with Crippen LogP contribution < -0.4 is 6.15 Å². The number of rotatable bonds is 30. The van der Waals surface area contributed by atoms with Crippen molar-refractivity contribution in [1.82, 2.24) is 6.15 Å². The maximum absolute atomic E-state index is 11.9. The van der Waals surface area contributed by atoms with Gasteiger partial charge < -0.3 is 10.9 Å². The van der Waals surface area contributed by atoms with E-state index in [0.29, 0.717) is 13.0 Å². The van der Waals surface area contributed by atoms with Crippen molar-refractivity contribution >= 4 is 5.97 Å². The smallest absolute Gasteiger partial charge is 0.305 e. The molecule has 0 atom stereocenters. The summed E-state index contributed by atoms with van der Waals surface area (Å²) in [5.74, 6) is 1.73. The van der Waals surface area contributed by atoms with Crippen molar-refractivity contribution in [2.45, 2.75) is 221 Å². The lowest BCUT2D eigenvalue weighted by Gasteiger charge is -2.06. The predicted molar refractivity (Wildman–Crippen MR) is 186 cm³/mol. The molecule has 0 unspecified atom stereocenters. The van der Waals surface area contributed by atoms with Gasteiger partial charge in [0.1, 0.15) is 0 Å². The lowest BCUT2D eigenvalue weighted by Crippen LogP contribution is -2.05. The third-order valence-corrected chi connectivity index (χ3v) is 8.58. The maximum Gasteiger partial charge on any atom is 0.305 e. The highest BCUT2D eigenvalue weighted by atomic mass is 16.5. The number of esters is 1. The zero-order chi connectivity index (χ0) is 29.9. The maximum atomic E-state index is 11.9. The van der Waals surface area contributed by atoms with Crippen LogP contribution in [0.1, 0.15) is 221 Å². The Balaban J connectivity index is -0.00000185. The van der Waals surface area contributed by atoms with Gasteiger partial charge in [-0.2, -0.15) is 0 Å². The van der Waals surface area contributed by atoms with Crippen LogP contribution in [0.4, 0.5) is 0 Å². The Hall–Kier alpha value is -0.570. The third kappa shape index (κ3) is 44.0. The van der Waals surface area contributed by atoms with Gasteiger partial charge in [0.05, 0.1) is 6.61 Å². The van der Waals surface area contributed by atoms with E-state index in [1.54, 1.807) is 0 Å². The van der Waals surface area contributed by atoms with Gasteiger partial charge >= 0.3 is 5.97 Å². The van der Waals surface area contributed by atoms with E-state index in [9.17, 15) is 4.79 Å². The van der Waals surface area contributed by atoms with E-state index in [1.165, 1.54) is 161 Å². The van der Waals surface area contributed by atoms with E-state index >= 15 is 0 Å². The number of hydrogen-bond acceptors (Lipinski definition) is 3. The standard InChI is InChI=1S/C32H64O2.C6H14.H3N/c1-3-5-7-9-11-13-15-17-18-19-20-22-24-26-28-30-32(33)34-31-29-27-25-23-21-16-14-12-10-8-6-4-2;1-5(2)6(3)4;/h3-31H2,1-2H3;5-6H,1-4H3;1H3. The molecule has 0 rings (SSSR count). The summed E-state index contributed by atoms with van der Waals surface area (Å²) in [6.07, 6.45) is 37.2. The minimum Gasteiger partial charge on any atom is -0.466 e. The van der Waals surface area contributed by atoms with Crippen molar-refractivity contribution in [2.24, 2.45) is 11.8 Å². The van der Waals surface area contributed by atoms with E-state index < -0.39 is 0 Å². The minimum atomic E-state index is 0. The molecule has 0 heterocycles. The summed E-state index contributed by atoms with van der Waals surface area (Å²) < 4.78 is 5.41. The first-order chi connectivity index (χ1) is 19.5. The molecular formula is C38H81NO2. The van der Waals surface area contributed by atoms with Gasteiger partial charge in [0, 0.05) is 6.42 Å². The van der Waals surface area contributed by atoms with Gasteiger partial charge in [-0.1, -0.05) is 202 Å². The van der Waals surface area contributed by atoms with Crippen LogP contribution in [0, 0.1) is 11.8 Å². The van der Waals surface area contributed by atoms with Gasteiger partial charge in [-0.3, -0.25) is 4.79 Å². The molecule has 0 aliphatic rings. The summed E-state index contributed by atoms with van der Waals surface area (Å²) in [4.78, 5) is 11.9. The Morgan fingerprint density at radius 2 is 0.659 bits per heavy atom. The van der Waals surface area contributed by atoms with E-state index in [1.807, 2.05) is 0 Å². The second-order valence-electron chi connectivity index (χ2n) is 13.3. The molecule has 41 heavy (non-hydrogen) atoms. The van der Waals surface area contributed by atoms with Crippen molar-refractivity contribution in [3.05, 3.63) is 0 Å². The van der Waals surface area contributed by atoms with E-state index in [2.05, 4.69) is 41.5 Å². The molecule has 0 aromatic heterocycles. The van der Waals surface area contributed by atoms with Crippen LogP contribution >= 0.6 is 0 Å². The first-order valence-corrected chi connectivity index (χ1v) is 18.6. The molecule has 0 radical (unpaired) electrons. The normalized spacial score (nSPS) is 10.9. The number of carbonyl (C=O) groups excluding carboxylic acids is 1. The molecule has 0 amide bonds. The van der Waals surface area contributed by atoms with Crippen molar-refractivity contribution in [2.75, 3.05) is 6.61 Å². The van der Waals surface area contributed by atoms with Crippen LogP contribution in [0.15, 0.2) is 0 Å². The van der Waals surface area contributed by atoms with Gasteiger partial charge in [0.15, 0.2) is 0 Å². The predicted octanol–water partition coefficient (Wildman–Crippen LogP) is 14.0. The largest absolute Gasteiger partial charge is 0.466 e. The van der Waals surface area contributed by atoms with Crippen molar-refractivity contribution in [3.63, 3.8) is 0 Å². The molecule has 3 heteroatoms. The van der Waals surface area contributed by atoms with Crippen LogP contribution in [-0.2, 0) is 9.53 Å². The molecule has 3 N–H and O–H groups in total. The summed E-state index contributed by atoms with van der Waals surface area (Å²) in [5, 5.41) is 0. The van der Waals surface area contributed by atoms with Crippen molar-refractivity contribution < 1.29 is 9.53 Å². The first kappa shape index (κ1) is 44.9. The number of hydrogen-bond donors (Lipinski definition) is 1. The molecule has 0 spiro atoms. The molecule has 0 aliphatic carbocycles. The highest BCUT2D eigenvalue weighted by molar-refractivity contribution is 5.69. The fourth-order valence-corrected chi connectivity index (χ4v) is 4.84. The van der Waals surface area contributed by atoms with Crippen LogP contribution in [0.25, 0.3) is 0 Å². The molecule has 250 valence electrons. The van der Waals surface area contributed by atoms with E-state index in [4.69, 9.17) is 4.74 Å². The molecule has 0 bridgehead atoms. The molecule has 0 aromatic rings. The van der Waals surface area contributed by atoms with Crippen molar-refractivity contribution in [3.8, 4) is 0 Å². The SMILES string of the molecule is CC(C)C(C)C.CCCCCCCCCCCCCCCCCC(=O)OCCCCCCCCCCCCCC.N. The number of ether oxygens (including phenoxy) is 1. The molecule has 0 fully saturated rings. The second kappa shape index (κ2) is 39.4. The fourth-order valence-electron chi connectivity index (χ4n) is 4.84. The van der Waals surface area contributed by atoms with Gasteiger partial charge in [0.2, 0.25) is 0 Å². The van der Waals surface area contributed by atoms with Crippen LogP contribution in [-0.4, -0.2) is 12.6 Å². The van der Waals surface area contributed by atoms with E-state index in [-0.39, 0.29) is 12.1 Å². The average molecular weight is 584 g/mol. The van der Waals surface area contributed by atoms with Crippen LogP contribution in [0.5, 0.6) is 0 Å². The molecule has 0 aromatic carbocycles. The van der Waals surface area contributed by atoms with Gasteiger partial charge in [-0.05, 0) is 24.7 Å². The summed E-state index contributed by atoms with van der Waals surface area (Å²) >= 11 is 0. The van der Waals surface area contributed by atoms with Crippen molar-refractivity contribution in [1.29, 1.82) is 0 Å². The Kier molecular flexibility index (Phi) is 43.1. The molecule has 0 aliphatic heterocycles. The number of unbranched alkanes of at least 4 members (excludes halogenated alkanes) is 25. The van der Waals surface area contributed by atoms with Gasteiger partial charge in [0.25, 0.3) is 0 Å². The zero-order valence-electron chi connectivity index (χ0n) is 29.7. The Labute approximate surface area is 261 Å². The Morgan fingerprint density at radius 1 is 0.415 bits per heavy atom. The second-order valence-corrected chi connectivity index (χ2v) is 13.3. The highest BCUT2D eigenvalue weighted by Gasteiger charge is 2.03. The molecule has 3 nitrogen and oxygen atoms in total. The van der Waals surface area contributed by atoms with Gasteiger partial charge in [-0.15, -0.1) is 0 Å². The zero-order valence-corrected chi connectivity index (χ0v) is 29.7. The summed E-state index contributed by atoms with van der Waals surface area (Å²) in [7, 11) is 0. The summed E-state index contributed by atoms with van der Waals surface area (Å²) in [6, 6.07) is 0. The third-order valence-electron chi connectivity index (χ3n) is 8.58. The van der Waals surface area contributed by atoms with Crippen LogP contribution in [0.3, 0.4) is 0 Å². The summed E-state index contributed by atoms with van der Waals surface area (Å²) in [6.45, 7) is 14.2. The summed E-state index contributed by atoms with van der Waals surface area (Å²) in [5.41, 5.74) is 0. The fraction of sp³-hybridized carbons (Fsp3) is 0.974. The van der Waals surface area contributed by atoms with Crippen LogP contribution in [0.2, 0.25) is 0 Å². The average Bonchev–Trinajstić information content (AvgIpc) is 2.93. The van der Waals surface area contributed by atoms with Gasteiger partial charge in [-0.25, -0.2) is 0 Å². The molecule has 0 saturated heterocycles. The molecular weight excluding hydrogens is 502 g/mol. The van der Waals surface area contributed by atoms with E-state index in [0.717, 1.165) is 24.7 Å². The number of carbonyl (C=O) groups is 1. The topological polar surface area (TPSA) is 61.3 Å². The Morgan fingerprint density at radius 3 is 0.927 bits per heavy atom. The Bertz CT molecular complexity index is 457. The first-order valence-electron chi connectivity index (χ1n) is 18.6. The molecule has 0 saturated carbocycles.